The van der Waals surface area contributed by atoms with Crippen molar-refractivity contribution in [3.05, 3.63) is 16.0 Å². The van der Waals surface area contributed by atoms with Crippen LogP contribution in [-0.4, -0.2) is 17.9 Å². The molecule has 0 fully saturated rings. The number of thioether (sulfide) groups is 1. The molecule has 0 bridgehead atoms. The standard InChI is InChI=1S/C12H16N2O2S2/c1-12(2)4-6-8(7(15)5-12)11(17-3)18-9(6)10(16)14-13/h4-5,13H2,1-3H3,(H,14,16). The summed E-state index contributed by atoms with van der Waals surface area (Å²) >= 11 is 2.88. The molecule has 0 saturated heterocycles. The van der Waals surface area contributed by atoms with Crippen molar-refractivity contribution in [2.45, 2.75) is 30.9 Å². The lowest BCUT2D eigenvalue weighted by Crippen LogP contribution is -2.32. The van der Waals surface area contributed by atoms with E-state index in [9.17, 15) is 9.59 Å². The fourth-order valence-corrected chi connectivity index (χ4v) is 4.35. The van der Waals surface area contributed by atoms with Crippen molar-refractivity contribution < 1.29 is 9.59 Å². The highest BCUT2D eigenvalue weighted by atomic mass is 32.2. The summed E-state index contributed by atoms with van der Waals surface area (Å²) in [4.78, 5) is 24.6. The van der Waals surface area contributed by atoms with Gasteiger partial charge in [0.05, 0.1) is 9.09 Å². The molecule has 98 valence electrons. The Morgan fingerprint density at radius 3 is 2.67 bits per heavy atom. The minimum Gasteiger partial charge on any atom is -0.294 e. The highest BCUT2D eigenvalue weighted by molar-refractivity contribution is 8.00. The average Bonchev–Trinajstić information content (AvgIpc) is 2.65. The maximum absolute atomic E-state index is 12.2. The second-order valence-electron chi connectivity index (χ2n) is 5.19. The summed E-state index contributed by atoms with van der Waals surface area (Å²) in [7, 11) is 0. The van der Waals surface area contributed by atoms with Crippen molar-refractivity contribution in [1.82, 2.24) is 5.43 Å². The molecule has 18 heavy (non-hydrogen) atoms. The van der Waals surface area contributed by atoms with Gasteiger partial charge in [-0.25, -0.2) is 5.84 Å². The number of nitrogen functional groups attached to an aromatic ring is 1. The predicted octanol–water partition coefficient (Wildman–Crippen LogP) is 2.23. The van der Waals surface area contributed by atoms with Gasteiger partial charge in [0, 0.05) is 12.0 Å². The SMILES string of the molecule is CSc1sc(C(=O)NN)c2c1C(=O)CC(C)(C)C2. The van der Waals surface area contributed by atoms with Crippen molar-refractivity contribution in [1.29, 1.82) is 0 Å². The molecule has 1 heterocycles. The number of amides is 1. The lowest BCUT2D eigenvalue weighted by atomic mass is 9.74. The van der Waals surface area contributed by atoms with E-state index in [-0.39, 0.29) is 17.1 Å². The van der Waals surface area contributed by atoms with Crippen molar-refractivity contribution >= 4 is 34.8 Å². The topological polar surface area (TPSA) is 72.2 Å². The first-order chi connectivity index (χ1) is 8.39. The number of nitrogens with two attached hydrogens (primary N) is 1. The lowest BCUT2D eigenvalue weighted by Gasteiger charge is -2.29. The Hall–Kier alpha value is -0.850. The van der Waals surface area contributed by atoms with Gasteiger partial charge >= 0.3 is 0 Å². The zero-order chi connectivity index (χ0) is 13.5. The Morgan fingerprint density at radius 1 is 1.44 bits per heavy atom. The molecule has 1 aliphatic carbocycles. The Bertz CT molecular complexity index is 520. The molecule has 0 saturated carbocycles. The maximum Gasteiger partial charge on any atom is 0.275 e. The summed E-state index contributed by atoms with van der Waals surface area (Å²) in [6.07, 6.45) is 3.20. The second kappa shape index (κ2) is 4.68. The zero-order valence-corrected chi connectivity index (χ0v) is 12.3. The first-order valence-electron chi connectivity index (χ1n) is 5.63. The predicted molar refractivity (Wildman–Crippen MR) is 74.2 cm³/mol. The number of ketones is 1. The number of fused-ring (bicyclic) bond motifs is 1. The van der Waals surface area contributed by atoms with Gasteiger partial charge in [-0.05, 0) is 23.7 Å². The largest absolute Gasteiger partial charge is 0.294 e. The molecule has 0 unspecified atom stereocenters. The van der Waals surface area contributed by atoms with Crippen LogP contribution in [0.2, 0.25) is 0 Å². The normalized spacial score (nSPS) is 17.4. The summed E-state index contributed by atoms with van der Waals surface area (Å²) in [6, 6.07) is 0. The highest BCUT2D eigenvalue weighted by Crippen LogP contribution is 2.44. The third-order valence-corrected chi connectivity index (χ3v) is 5.42. The van der Waals surface area contributed by atoms with Crippen molar-refractivity contribution in [2.75, 3.05) is 6.26 Å². The zero-order valence-electron chi connectivity index (χ0n) is 10.6. The van der Waals surface area contributed by atoms with E-state index in [2.05, 4.69) is 5.43 Å². The van der Waals surface area contributed by atoms with Crippen molar-refractivity contribution in [3.63, 3.8) is 0 Å². The number of hydrogen-bond acceptors (Lipinski definition) is 5. The van der Waals surface area contributed by atoms with Gasteiger partial charge in [0.25, 0.3) is 5.91 Å². The fraction of sp³-hybridized carbons (Fsp3) is 0.500. The van der Waals surface area contributed by atoms with E-state index in [0.717, 1.165) is 21.8 Å². The number of Topliss-reactive ketones (excluding diaryl/α,β-unsaturated/α-hetero) is 1. The van der Waals surface area contributed by atoms with Crippen molar-refractivity contribution in [2.24, 2.45) is 11.3 Å². The first-order valence-corrected chi connectivity index (χ1v) is 7.67. The van der Waals surface area contributed by atoms with Gasteiger partial charge in [0.1, 0.15) is 0 Å². The van der Waals surface area contributed by atoms with Gasteiger partial charge in [-0.2, -0.15) is 0 Å². The number of rotatable bonds is 2. The van der Waals surface area contributed by atoms with Crippen LogP contribution in [0.15, 0.2) is 4.21 Å². The van der Waals surface area contributed by atoms with Crippen LogP contribution in [-0.2, 0) is 6.42 Å². The molecule has 0 aromatic carbocycles. The molecule has 3 N–H and O–H groups in total. The summed E-state index contributed by atoms with van der Waals surface area (Å²) in [5.74, 6) is 5.04. The third-order valence-electron chi connectivity index (χ3n) is 3.07. The quantitative estimate of drug-likeness (QED) is 0.378. The Labute approximate surface area is 114 Å². The molecule has 0 atom stereocenters. The second-order valence-corrected chi connectivity index (χ2v) is 7.29. The van der Waals surface area contributed by atoms with Gasteiger partial charge in [-0.15, -0.1) is 23.1 Å². The molecular weight excluding hydrogens is 268 g/mol. The Kier molecular flexibility index (Phi) is 3.53. The van der Waals surface area contributed by atoms with Gasteiger partial charge in [0.2, 0.25) is 0 Å². The highest BCUT2D eigenvalue weighted by Gasteiger charge is 2.37. The smallest absolute Gasteiger partial charge is 0.275 e. The maximum atomic E-state index is 12.2. The molecule has 6 heteroatoms. The number of carbonyl (C=O) groups excluding carboxylic acids is 2. The van der Waals surface area contributed by atoms with E-state index in [1.165, 1.54) is 23.1 Å². The molecule has 2 rings (SSSR count). The Morgan fingerprint density at radius 2 is 2.11 bits per heavy atom. The van der Waals surface area contributed by atoms with E-state index in [0.29, 0.717) is 11.3 Å². The van der Waals surface area contributed by atoms with Crippen molar-refractivity contribution in [3.8, 4) is 0 Å². The fourth-order valence-electron chi connectivity index (χ4n) is 2.35. The summed E-state index contributed by atoms with van der Waals surface area (Å²) in [6.45, 7) is 4.10. The number of thiophene rings is 1. The van der Waals surface area contributed by atoms with Crippen LogP contribution >= 0.6 is 23.1 Å². The minimum atomic E-state index is -0.304. The van der Waals surface area contributed by atoms with E-state index < -0.39 is 0 Å². The average molecular weight is 284 g/mol. The molecule has 1 aromatic rings. The molecule has 4 nitrogen and oxygen atoms in total. The van der Waals surface area contributed by atoms with Crippen LogP contribution < -0.4 is 11.3 Å². The first kappa shape index (κ1) is 13.6. The summed E-state index contributed by atoms with van der Waals surface area (Å²) in [5, 5.41) is 0. The van der Waals surface area contributed by atoms with Gasteiger partial charge < -0.3 is 0 Å². The summed E-state index contributed by atoms with van der Waals surface area (Å²) < 4.78 is 0.920. The van der Waals surface area contributed by atoms with E-state index in [1.807, 2.05) is 20.1 Å². The molecule has 0 spiro atoms. The lowest BCUT2D eigenvalue weighted by molar-refractivity contribution is 0.0909. The van der Waals surface area contributed by atoms with E-state index >= 15 is 0 Å². The molecule has 1 amide bonds. The van der Waals surface area contributed by atoms with Gasteiger partial charge in [0.15, 0.2) is 5.78 Å². The Balaban J connectivity index is 2.60. The van der Waals surface area contributed by atoms with Gasteiger partial charge in [-0.3, -0.25) is 15.0 Å². The third kappa shape index (κ3) is 2.20. The molecule has 0 radical (unpaired) electrons. The van der Waals surface area contributed by atoms with Crippen LogP contribution in [0.3, 0.4) is 0 Å². The van der Waals surface area contributed by atoms with Crippen LogP contribution in [0, 0.1) is 5.41 Å². The molecule has 1 aromatic heterocycles. The van der Waals surface area contributed by atoms with E-state index in [1.54, 1.807) is 0 Å². The number of hydrogen-bond donors (Lipinski definition) is 2. The van der Waals surface area contributed by atoms with Gasteiger partial charge in [-0.1, -0.05) is 13.8 Å². The van der Waals surface area contributed by atoms with Crippen LogP contribution in [0.5, 0.6) is 0 Å². The van der Waals surface area contributed by atoms with Crippen LogP contribution in [0.1, 0.15) is 45.9 Å². The number of hydrazine groups is 1. The molecule has 1 aliphatic rings. The minimum absolute atomic E-state index is 0.0928. The van der Waals surface area contributed by atoms with Crippen LogP contribution in [0.4, 0.5) is 0 Å². The number of carbonyl (C=O) groups is 2. The monoisotopic (exact) mass is 284 g/mol. The summed E-state index contributed by atoms with van der Waals surface area (Å²) in [5.41, 5.74) is 3.68. The van der Waals surface area contributed by atoms with Crippen LogP contribution in [0.25, 0.3) is 0 Å². The molecular formula is C12H16N2O2S2. The van der Waals surface area contributed by atoms with E-state index in [4.69, 9.17) is 5.84 Å². The molecule has 0 aliphatic heterocycles. The number of nitrogens with one attached hydrogen (secondary N) is 1.